The SMILES string of the molecule is COc1ccc(CC2N=C(NS(=O)(=O)c3ccc(C)cc3)N(Cc3ccccc3)C2=O)cc1. The lowest BCUT2D eigenvalue weighted by molar-refractivity contribution is -0.127. The van der Waals surface area contributed by atoms with Crippen LogP contribution in [-0.4, -0.2) is 38.3 Å². The lowest BCUT2D eigenvalue weighted by Gasteiger charge is -2.20. The van der Waals surface area contributed by atoms with Gasteiger partial charge in [0.2, 0.25) is 5.96 Å². The third kappa shape index (κ3) is 5.23. The van der Waals surface area contributed by atoms with Crippen LogP contribution in [0.1, 0.15) is 16.7 Å². The molecular formula is C25H25N3O4S. The second-order valence-electron chi connectivity index (χ2n) is 7.85. The summed E-state index contributed by atoms with van der Waals surface area (Å²) in [5.74, 6) is 0.497. The molecule has 3 aromatic rings. The molecule has 8 heteroatoms. The Kier molecular flexibility index (Phi) is 6.46. The van der Waals surface area contributed by atoms with Crippen LogP contribution in [0.2, 0.25) is 0 Å². The highest BCUT2D eigenvalue weighted by Crippen LogP contribution is 2.21. The topological polar surface area (TPSA) is 88.1 Å². The highest BCUT2D eigenvalue weighted by molar-refractivity contribution is 7.90. The van der Waals surface area contributed by atoms with Crippen molar-refractivity contribution >= 4 is 21.9 Å². The number of rotatable bonds is 7. The predicted octanol–water partition coefficient (Wildman–Crippen LogP) is 3.29. The second-order valence-corrected chi connectivity index (χ2v) is 9.53. The zero-order valence-electron chi connectivity index (χ0n) is 18.4. The van der Waals surface area contributed by atoms with E-state index in [1.165, 1.54) is 17.0 Å². The molecule has 0 bridgehead atoms. The third-order valence-electron chi connectivity index (χ3n) is 5.41. The van der Waals surface area contributed by atoms with Gasteiger partial charge in [0.05, 0.1) is 18.6 Å². The van der Waals surface area contributed by atoms with Crippen LogP contribution in [0, 0.1) is 6.92 Å². The average molecular weight is 464 g/mol. The number of methoxy groups -OCH3 is 1. The summed E-state index contributed by atoms with van der Waals surface area (Å²) in [6, 6.07) is 22.6. The van der Waals surface area contributed by atoms with Crippen LogP contribution in [0.3, 0.4) is 0 Å². The molecular weight excluding hydrogens is 438 g/mol. The summed E-state index contributed by atoms with van der Waals surface area (Å²) >= 11 is 0. The average Bonchev–Trinajstić information content (AvgIpc) is 3.09. The lowest BCUT2D eigenvalue weighted by Crippen LogP contribution is -2.44. The minimum absolute atomic E-state index is 0.0305. The second kappa shape index (κ2) is 9.46. The highest BCUT2D eigenvalue weighted by atomic mass is 32.2. The van der Waals surface area contributed by atoms with Gasteiger partial charge in [-0.3, -0.25) is 9.69 Å². The van der Waals surface area contributed by atoms with Crippen LogP contribution in [0.15, 0.2) is 88.8 Å². The summed E-state index contributed by atoms with van der Waals surface area (Å²) in [6.07, 6.45) is 0.351. The van der Waals surface area contributed by atoms with Gasteiger partial charge in [0.15, 0.2) is 0 Å². The molecule has 0 fully saturated rings. The quantitative estimate of drug-likeness (QED) is 0.582. The van der Waals surface area contributed by atoms with Crippen molar-refractivity contribution in [3.8, 4) is 5.75 Å². The van der Waals surface area contributed by atoms with E-state index in [9.17, 15) is 13.2 Å². The molecule has 33 heavy (non-hydrogen) atoms. The highest BCUT2D eigenvalue weighted by Gasteiger charge is 2.36. The number of aryl methyl sites for hydroxylation is 1. The van der Waals surface area contributed by atoms with Gasteiger partial charge < -0.3 is 4.74 Å². The third-order valence-corrected chi connectivity index (χ3v) is 6.76. The van der Waals surface area contributed by atoms with Crippen LogP contribution in [0.5, 0.6) is 5.75 Å². The number of nitrogens with zero attached hydrogens (tertiary/aromatic N) is 2. The zero-order chi connectivity index (χ0) is 23.4. The number of benzene rings is 3. The van der Waals surface area contributed by atoms with E-state index in [0.717, 1.165) is 22.4 Å². The smallest absolute Gasteiger partial charge is 0.264 e. The minimum atomic E-state index is -3.91. The number of sulfonamides is 1. The molecule has 1 amide bonds. The fourth-order valence-electron chi connectivity index (χ4n) is 3.57. The number of carbonyl (C=O) groups excluding carboxylic acids is 1. The summed E-state index contributed by atoms with van der Waals surface area (Å²) in [5, 5.41) is 0. The Labute approximate surface area is 193 Å². The first-order valence-electron chi connectivity index (χ1n) is 10.5. The van der Waals surface area contributed by atoms with Crippen LogP contribution >= 0.6 is 0 Å². The maximum Gasteiger partial charge on any atom is 0.264 e. The molecule has 0 aromatic heterocycles. The monoisotopic (exact) mass is 463 g/mol. The largest absolute Gasteiger partial charge is 0.497 e. The van der Waals surface area contributed by atoms with Crippen molar-refractivity contribution in [3.63, 3.8) is 0 Å². The number of amides is 1. The fourth-order valence-corrected chi connectivity index (χ4v) is 4.59. The first-order valence-corrected chi connectivity index (χ1v) is 12.0. The Morgan fingerprint density at radius 3 is 2.24 bits per heavy atom. The van der Waals surface area contributed by atoms with E-state index in [4.69, 9.17) is 4.74 Å². The van der Waals surface area contributed by atoms with Gasteiger partial charge in [0.1, 0.15) is 11.8 Å². The molecule has 3 aromatic carbocycles. The van der Waals surface area contributed by atoms with Gasteiger partial charge in [0.25, 0.3) is 15.9 Å². The Morgan fingerprint density at radius 2 is 1.61 bits per heavy atom. The first kappa shape index (κ1) is 22.5. The summed E-state index contributed by atoms with van der Waals surface area (Å²) < 4.78 is 33.7. The lowest BCUT2D eigenvalue weighted by atomic mass is 10.1. The molecule has 0 saturated carbocycles. The molecule has 0 aliphatic carbocycles. The van der Waals surface area contributed by atoms with Crippen molar-refractivity contribution < 1.29 is 17.9 Å². The van der Waals surface area contributed by atoms with Crippen molar-refractivity contribution in [2.75, 3.05) is 7.11 Å². The van der Waals surface area contributed by atoms with Crippen molar-refractivity contribution in [2.24, 2.45) is 4.99 Å². The minimum Gasteiger partial charge on any atom is -0.497 e. The van der Waals surface area contributed by atoms with Gasteiger partial charge in [-0.05, 0) is 42.3 Å². The number of guanidine groups is 1. The van der Waals surface area contributed by atoms with E-state index in [1.807, 2.05) is 61.5 Å². The van der Waals surface area contributed by atoms with Crippen molar-refractivity contribution in [3.05, 3.63) is 95.6 Å². The van der Waals surface area contributed by atoms with Crippen LogP contribution in [-0.2, 0) is 27.8 Å². The molecule has 4 rings (SSSR count). The van der Waals surface area contributed by atoms with Crippen LogP contribution in [0.4, 0.5) is 0 Å². The van der Waals surface area contributed by atoms with Gasteiger partial charge in [-0.15, -0.1) is 0 Å². The Bertz CT molecular complexity index is 1260. The molecule has 7 nitrogen and oxygen atoms in total. The molecule has 0 spiro atoms. The van der Waals surface area contributed by atoms with Gasteiger partial charge in [-0.1, -0.05) is 60.2 Å². The standard InChI is InChI=1S/C25H25N3O4S/c1-18-8-14-22(15-9-18)33(30,31)27-25-26-23(16-19-10-12-21(32-2)13-11-19)24(29)28(25)17-20-6-4-3-5-7-20/h3-15,23H,16-17H2,1-2H3,(H,26,27). The van der Waals surface area contributed by atoms with Crippen molar-refractivity contribution in [2.45, 2.75) is 30.8 Å². The van der Waals surface area contributed by atoms with Gasteiger partial charge in [-0.2, -0.15) is 0 Å². The molecule has 1 atom stereocenters. The summed E-state index contributed by atoms with van der Waals surface area (Å²) in [4.78, 5) is 19.3. The predicted molar refractivity (Wildman–Crippen MR) is 126 cm³/mol. The molecule has 1 aliphatic rings. The zero-order valence-corrected chi connectivity index (χ0v) is 19.2. The first-order chi connectivity index (χ1) is 15.9. The molecule has 0 saturated heterocycles. The molecule has 170 valence electrons. The van der Waals surface area contributed by atoms with E-state index < -0.39 is 16.1 Å². The van der Waals surface area contributed by atoms with Crippen molar-refractivity contribution in [1.82, 2.24) is 9.62 Å². The molecule has 1 aliphatic heterocycles. The Balaban J connectivity index is 1.62. The molecule has 0 radical (unpaired) electrons. The van der Waals surface area contributed by atoms with Crippen LogP contribution in [0.25, 0.3) is 0 Å². The normalized spacial score (nSPS) is 15.9. The van der Waals surface area contributed by atoms with E-state index in [2.05, 4.69) is 9.71 Å². The van der Waals surface area contributed by atoms with Gasteiger partial charge in [-0.25, -0.2) is 18.1 Å². The number of hydrogen-bond acceptors (Lipinski definition) is 5. The van der Waals surface area contributed by atoms with E-state index in [1.54, 1.807) is 19.2 Å². The molecule has 1 N–H and O–H groups in total. The Hall–Kier alpha value is -3.65. The van der Waals surface area contributed by atoms with Gasteiger partial charge >= 0.3 is 0 Å². The number of ether oxygens (including phenoxy) is 1. The fraction of sp³-hybridized carbons (Fsp3) is 0.200. The maximum atomic E-state index is 13.3. The van der Waals surface area contributed by atoms with E-state index in [-0.39, 0.29) is 23.3 Å². The van der Waals surface area contributed by atoms with Gasteiger partial charge in [0, 0.05) is 6.42 Å². The number of hydrogen-bond donors (Lipinski definition) is 1. The van der Waals surface area contributed by atoms with Crippen molar-refractivity contribution in [1.29, 1.82) is 0 Å². The molecule has 1 heterocycles. The van der Waals surface area contributed by atoms with E-state index in [0.29, 0.717) is 6.42 Å². The number of nitrogens with one attached hydrogen (secondary N) is 1. The maximum absolute atomic E-state index is 13.3. The Morgan fingerprint density at radius 1 is 0.939 bits per heavy atom. The number of carbonyl (C=O) groups is 1. The summed E-state index contributed by atoms with van der Waals surface area (Å²) in [5.41, 5.74) is 2.73. The summed E-state index contributed by atoms with van der Waals surface area (Å²) in [7, 11) is -2.31. The summed E-state index contributed by atoms with van der Waals surface area (Å²) in [6.45, 7) is 2.10. The van der Waals surface area contributed by atoms with E-state index >= 15 is 0 Å². The number of aliphatic imine (C=N–C) groups is 1. The van der Waals surface area contributed by atoms with Crippen LogP contribution < -0.4 is 9.46 Å². The molecule has 1 unspecified atom stereocenters.